The van der Waals surface area contributed by atoms with Gasteiger partial charge < -0.3 is 4.74 Å². The van der Waals surface area contributed by atoms with E-state index >= 15 is 0 Å². The van der Waals surface area contributed by atoms with E-state index in [2.05, 4.69) is 0 Å². The number of ketones is 1. The molecule has 0 bridgehead atoms. The maximum absolute atomic E-state index is 11.6. The monoisotopic (exact) mass is 260 g/mol. The zero-order chi connectivity index (χ0) is 15.1. The number of carbonyl (C=O) groups excluding carboxylic acids is 2. The second-order valence-corrected chi connectivity index (χ2v) is 4.68. The first-order valence-corrected chi connectivity index (χ1v) is 6.26. The molecule has 0 unspecified atom stereocenters. The van der Waals surface area contributed by atoms with Crippen LogP contribution in [0.4, 0.5) is 0 Å². The number of esters is 1. The van der Waals surface area contributed by atoms with Crippen molar-refractivity contribution in [2.75, 3.05) is 0 Å². The smallest absolute Gasteiger partial charge is 0.308 e. The van der Waals surface area contributed by atoms with Crippen LogP contribution in [0, 0.1) is 0 Å². The molecule has 0 saturated heterocycles. The second kappa shape index (κ2) is 7.77. The normalized spacial score (nSPS) is 10.2. The van der Waals surface area contributed by atoms with Crippen molar-refractivity contribution in [3.05, 3.63) is 29.8 Å². The summed E-state index contributed by atoms with van der Waals surface area (Å²) in [5.74, 6) is 0.106. The third-order valence-electron chi connectivity index (χ3n) is 2.69. The van der Waals surface area contributed by atoms with E-state index in [1.54, 1.807) is 18.2 Å². The fraction of sp³-hybridized carbons (Fsp3) is 0.467. The van der Waals surface area contributed by atoms with Gasteiger partial charge in [0.25, 0.3) is 0 Å². The minimum absolute atomic E-state index is 0.0344. The molecule has 4 heteroatoms. The van der Waals surface area contributed by atoms with Crippen LogP contribution in [0.1, 0.15) is 40.2 Å². The Morgan fingerprint density at radius 2 is 1.68 bits per heavy atom. The molecule has 1 aromatic rings. The van der Waals surface area contributed by atoms with E-state index in [0.29, 0.717) is 5.75 Å². The minimum Gasteiger partial charge on any atom is -0.426 e. The predicted octanol–water partition coefficient (Wildman–Crippen LogP) is 3.07. The Kier molecular flexibility index (Phi) is 7.13. The Labute approximate surface area is 116 Å². The Balaban J connectivity index is 0.000000982. The Morgan fingerprint density at radius 1 is 1.21 bits per heavy atom. The van der Waals surface area contributed by atoms with Gasteiger partial charge in [-0.2, -0.15) is 0 Å². The fourth-order valence-electron chi connectivity index (χ4n) is 1.42. The van der Waals surface area contributed by atoms with Crippen LogP contribution in [0.5, 0.6) is 5.75 Å². The van der Waals surface area contributed by atoms with Gasteiger partial charge in [-0.05, 0) is 26.8 Å². The predicted molar refractivity (Wildman–Crippen MR) is 77.7 cm³/mol. The summed E-state index contributed by atoms with van der Waals surface area (Å²) in [4.78, 5) is 22.5. The maximum atomic E-state index is 11.6. The van der Waals surface area contributed by atoms with Crippen LogP contribution in [-0.4, -0.2) is 19.6 Å². The van der Waals surface area contributed by atoms with Crippen molar-refractivity contribution in [3.8, 4) is 5.75 Å². The molecule has 1 aromatic carbocycles. The lowest BCUT2D eigenvalue weighted by atomic mass is 9.81. The molecule has 0 aliphatic rings. The molecule has 0 spiro atoms. The third-order valence-corrected chi connectivity index (χ3v) is 2.69. The van der Waals surface area contributed by atoms with Crippen molar-refractivity contribution < 1.29 is 14.3 Å². The van der Waals surface area contributed by atoms with Crippen LogP contribution in [0.2, 0.25) is 6.32 Å². The van der Waals surface area contributed by atoms with Crippen LogP contribution in [0.25, 0.3) is 0 Å². The molecule has 19 heavy (non-hydrogen) atoms. The molecule has 1 rings (SSSR count). The number of rotatable bonds is 3. The van der Waals surface area contributed by atoms with E-state index < -0.39 is 5.41 Å². The molecule has 0 saturated carbocycles. The van der Waals surface area contributed by atoms with Crippen molar-refractivity contribution in [1.82, 2.24) is 0 Å². The Bertz CT molecular complexity index is 439. The van der Waals surface area contributed by atoms with Gasteiger partial charge in [0.2, 0.25) is 0 Å². The largest absolute Gasteiger partial charge is 0.426 e. The van der Waals surface area contributed by atoms with Gasteiger partial charge in [0.15, 0.2) is 0 Å². The van der Waals surface area contributed by atoms with Crippen molar-refractivity contribution >= 4 is 19.6 Å². The summed E-state index contributed by atoms with van der Waals surface area (Å²) >= 11 is 0. The molecule has 0 heterocycles. The first kappa shape index (κ1) is 17.4. The van der Waals surface area contributed by atoms with E-state index in [1.165, 1.54) is 13.8 Å². The third kappa shape index (κ3) is 5.29. The van der Waals surface area contributed by atoms with Crippen LogP contribution in [0.3, 0.4) is 0 Å². The highest BCUT2D eigenvalue weighted by molar-refractivity contribution is 6.08. The molecule has 2 radical (unpaired) electrons. The second-order valence-electron chi connectivity index (χ2n) is 4.68. The topological polar surface area (TPSA) is 43.4 Å². The van der Waals surface area contributed by atoms with E-state index in [1.807, 2.05) is 26.8 Å². The maximum Gasteiger partial charge on any atom is 0.308 e. The number of hydrogen-bond acceptors (Lipinski definition) is 3. The average Bonchev–Trinajstić information content (AvgIpc) is 2.29. The standard InChI is InChI=1S/C13H16O3.C2H5B/c1-9(14)13(3,4)11-7-5-6-8-12(11)16-10(2)15;1-2-3/h5-8H,1-4H3;2H2,1H3. The average molecular weight is 260 g/mol. The van der Waals surface area contributed by atoms with Crippen molar-refractivity contribution in [3.63, 3.8) is 0 Å². The van der Waals surface area contributed by atoms with Crippen LogP contribution in [-0.2, 0) is 15.0 Å². The lowest BCUT2D eigenvalue weighted by Crippen LogP contribution is -2.27. The van der Waals surface area contributed by atoms with E-state index in [9.17, 15) is 9.59 Å². The fourth-order valence-corrected chi connectivity index (χ4v) is 1.42. The highest BCUT2D eigenvalue weighted by atomic mass is 16.5. The minimum atomic E-state index is -0.647. The number of benzene rings is 1. The molecular formula is C15H21BO3. The molecule has 102 valence electrons. The summed E-state index contributed by atoms with van der Waals surface area (Å²) in [5, 5.41) is 0. The molecular weight excluding hydrogens is 239 g/mol. The van der Waals surface area contributed by atoms with Gasteiger partial charge >= 0.3 is 5.97 Å². The summed E-state index contributed by atoms with van der Waals surface area (Å²) < 4.78 is 5.09. The molecule has 0 amide bonds. The van der Waals surface area contributed by atoms with Gasteiger partial charge in [-0.15, -0.1) is 0 Å². The van der Waals surface area contributed by atoms with E-state index in [0.717, 1.165) is 11.9 Å². The van der Waals surface area contributed by atoms with Gasteiger partial charge in [0.1, 0.15) is 11.5 Å². The van der Waals surface area contributed by atoms with Crippen molar-refractivity contribution in [2.24, 2.45) is 0 Å². The van der Waals surface area contributed by atoms with Crippen LogP contribution >= 0.6 is 0 Å². The lowest BCUT2D eigenvalue weighted by molar-refractivity contribution is -0.132. The first-order chi connectivity index (χ1) is 8.77. The lowest BCUT2D eigenvalue weighted by Gasteiger charge is -2.23. The number of hydrogen-bond donors (Lipinski definition) is 0. The van der Waals surface area contributed by atoms with Gasteiger partial charge in [0, 0.05) is 12.5 Å². The number of Topliss-reactive ketones (excluding diaryl/α,β-unsaturated/α-hetero) is 1. The zero-order valence-electron chi connectivity index (χ0n) is 12.3. The number of ether oxygens (including phenoxy) is 1. The van der Waals surface area contributed by atoms with Crippen LogP contribution in [0.15, 0.2) is 24.3 Å². The molecule has 0 fully saturated rings. The number of carbonyl (C=O) groups is 2. The van der Waals surface area contributed by atoms with Gasteiger partial charge in [-0.1, -0.05) is 31.4 Å². The van der Waals surface area contributed by atoms with Gasteiger partial charge in [0.05, 0.1) is 13.3 Å². The summed E-state index contributed by atoms with van der Waals surface area (Å²) in [5.41, 5.74) is 0.0872. The van der Waals surface area contributed by atoms with Gasteiger partial charge in [-0.3, -0.25) is 9.59 Å². The summed E-state index contributed by atoms with van der Waals surface area (Å²) in [6, 6.07) is 7.10. The molecule has 3 nitrogen and oxygen atoms in total. The molecule has 0 N–H and O–H groups in total. The highest BCUT2D eigenvalue weighted by Gasteiger charge is 2.29. The summed E-state index contributed by atoms with van der Waals surface area (Å²) in [7, 11) is 4.85. The Morgan fingerprint density at radius 3 is 2.11 bits per heavy atom. The van der Waals surface area contributed by atoms with Crippen molar-refractivity contribution in [1.29, 1.82) is 0 Å². The van der Waals surface area contributed by atoms with E-state index in [4.69, 9.17) is 12.6 Å². The summed E-state index contributed by atoms with van der Waals surface area (Å²) in [6.07, 6.45) is 0.750. The van der Waals surface area contributed by atoms with Crippen LogP contribution < -0.4 is 4.74 Å². The molecule has 0 aliphatic carbocycles. The number of para-hydroxylation sites is 1. The van der Waals surface area contributed by atoms with Crippen molar-refractivity contribution in [2.45, 2.75) is 46.4 Å². The summed E-state index contributed by atoms with van der Waals surface area (Å²) in [6.45, 7) is 8.41. The highest BCUT2D eigenvalue weighted by Crippen LogP contribution is 2.32. The SMILES string of the molecule is CC(=O)Oc1ccccc1C(C)(C)C(C)=O.[B]CC. The molecule has 0 aliphatic heterocycles. The first-order valence-electron chi connectivity index (χ1n) is 6.26. The molecule has 0 atom stereocenters. The van der Waals surface area contributed by atoms with E-state index in [-0.39, 0.29) is 11.8 Å². The van der Waals surface area contributed by atoms with Gasteiger partial charge in [-0.25, -0.2) is 0 Å². The Hall–Kier alpha value is -1.58. The zero-order valence-corrected chi connectivity index (χ0v) is 12.3. The molecule has 0 aromatic heterocycles. The quantitative estimate of drug-likeness (QED) is 0.476.